The maximum Gasteiger partial charge on any atom is 0.262 e. The van der Waals surface area contributed by atoms with Gasteiger partial charge in [0.25, 0.3) is 5.91 Å². The van der Waals surface area contributed by atoms with E-state index in [2.05, 4.69) is 5.32 Å². The average molecular weight is 409 g/mol. The minimum absolute atomic E-state index is 0.226. The van der Waals surface area contributed by atoms with Gasteiger partial charge < -0.3 is 19.5 Å². The zero-order valence-corrected chi connectivity index (χ0v) is 16.4. The van der Waals surface area contributed by atoms with Gasteiger partial charge in [0.05, 0.1) is 29.5 Å². The number of carbonyl (C=O) groups is 1. The van der Waals surface area contributed by atoms with Gasteiger partial charge >= 0.3 is 0 Å². The third-order valence-electron chi connectivity index (χ3n) is 3.35. The highest BCUT2D eigenvalue weighted by molar-refractivity contribution is 6.42. The number of hydrogen-bond acceptors (Lipinski definition) is 5. The second-order valence-electron chi connectivity index (χ2n) is 5.21. The Labute approximate surface area is 167 Å². The first-order valence-corrected chi connectivity index (χ1v) is 8.96. The van der Waals surface area contributed by atoms with Crippen LogP contribution in [-0.4, -0.2) is 25.7 Å². The Morgan fingerprint density at radius 2 is 1.74 bits per heavy atom. The van der Waals surface area contributed by atoms with Gasteiger partial charge in [-0.25, -0.2) is 0 Å². The number of carbonyl (C=O) groups excluding carboxylic acids is 1. The fourth-order valence-corrected chi connectivity index (χ4v) is 2.56. The molecule has 0 unspecified atom stereocenters. The van der Waals surface area contributed by atoms with Crippen LogP contribution < -0.4 is 19.5 Å². The number of anilines is 1. The molecule has 0 fully saturated rings. The van der Waals surface area contributed by atoms with Crippen molar-refractivity contribution in [2.75, 3.05) is 25.1 Å². The van der Waals surface area contributed by atoms with Crippen LogP contribution in [0.2, 0.25) is 10.0 Å². The molecular weight excluding hydrogens is 391 g/mol. The van der Waals surface area contributed by atoms with Crippen molar-refractivity contribution in [2.24, 2.45) is 0 Å². The van der Waals surface area contributed by atoms with E-state index >= 15 is 0 Å². The van der Waals surface area contributed by atoms with Crippen LogP contribution in [0.3, 0.4) is 0 Å². The number of ether oxygens (including phenoxy) is 3. The number of amides is 1. The smallest absolute Gasteiger partial charge is 0.262 e. The normalized spacial score (nSPS) is 10.0. The highest BCUT2D eigenvalue weighted by atomic mass is 35.5. The first-order chi connectivity index (χ1) is 13.0. The molecule has 0 aliphatic heterocycles. The molecule has 0 aromatic heterocycles. The summed E-state index contributed by atoms with van der Waals surface area (Å²) in [6.07, 6.45) is 0. The number of nitriles is 1. The molecule has 0 saturated heterocycles. The van der Waals surface area contributed by atoms with Crippen molar-refractivity contribution in [1.29, 1.82) is 5.26 Å². The van der Waals surface area contributed by atoms with Gasteiger partial charge in [-0.05, 0) is 26.0 Å². The summed E-state index contributed by atoms with van der Waals surface area (Å²) in [6, 6.07) is 9.99. The van der Waals surface area contributed by atoms with Gasteiger partial charge in [-0.2, -0.15) is 5.26 Å². The standard InChI is InChI=1S/C19H18Cl2N2O4/c1-3-25-16-8-12(10-22)14(9-17(16)26-4-2)23-18(24)11-27-15-7-5-6-13(20)19(15)21/h5-9H,3-4,11H2,1-2H3,(H,23,24). The Morgan fingerprint density at radius 1 is 1.07 bits per heavy atom. The number of nitrogens with one attached hydrogen (secondary N) is 1. The van der Waals surface area contributed by atoms with Crippen LogP contribution in [0.25, 0.3) is 0 Å². The van der Waals surface area contributed by atoms with Gasteiger partial charge in [0.15, 0.2) is 18.1 Å². The maximum atomic E-state index is 12.2. The largest absolute Gasteiger partial charge is 0.490 e. The number of benzene rings is 2. The van der Waals surface area contributed by atoms with E-state index < -0.39 is 5.91 Å². The monoisotopic (exact) mass is 408 g/mol. The lowest BCUT2D eigenvalue weighted by atomic mass is 10.1. The van der Waals surface area contributed by atoms with Crippen LogP contribution in [0.1, 0.15) is 19.4 Å². The summed E-state index contributed by atoms with van der Waals surface area (Å²) in [7, 11) is 0. The summed E-state index contributed by atoms with van der Waals surface area (Å²) in [5.74, 6) is 0.707. The SMILES string of the molecule is CCOc1cc(C#N)c(NC(=O)COc2cccc(Cl)c2Cl)cc1OCC. The molecule has 2 rings (SSSR count). The number of hydrogen-bond donors (Lipinski definition) is 1. The molecule has 1 amide bonds. The first-order valence-electron chi connectivity index (χ1n) is 8.20. The Kier molecular flexibility index (Phi) is 7.59. The van der Waals surface area contributed by atoms with E-state index in [0.717, 1.165) is 0 Å². The van der Waals surface area contributed by atoms with E-state index in [4.69, 9.17) is 37.4 Å². The van der Waals surface area contributed by atoms with Gasteiger partial charge in [-0.3, -0.25) is 4.79 Å². The van der Waals surface area contributed by atoms with Crippen molar-refractivity contribution in [3.8, 4) is 23.3 Å². The van der Waals surface area contributed by atoms with E-state index in [1.165, 1.54) is 6.07 Å². The molecule has 0 aliphatic rings. The lowest BCUT2D eigenvalue weighted by molar-refractivity contribution is -0.118. The van der Waals surface area contributed by atoms with Crippen molar-refractivity contribution in [3.63, 3.8) is 0 Å². The van der Waals surface area contributed by atoms with E-state index in [1.54, 1.807) is 24.3 Å². The number of halogens is 2. The molecule has 0 atom stereocenters. The fourth-order valence-electron chi connectivity index (χ4n) is 2.22. The van der Waals surface area contributed by atoms with Crippen LogP contribution in [0.4, 0.5) is 5.69 Å². The highest BCUT2D eigenvalue weighted by Crippen LogP contribution is 2.34. The summed E-state index contributed by atoms with van der Waals surface area (Å²) in [6.45, 7) is 4.19. The minimum Gasteiger partial charge on any atom is -0.490 e. The second kappa shape index (κ2) is 9.91. The second-order valence-corrected chi connectivity index (χ2v) is 6.00. The lowest BCUT2D eigenvalue weighted by Gasteiger charge is -2.15. The molecule has 0 saturated carbocycles. The molecule has 0 radical (unpaired) electrons. The first kappa shape index (κ1) is 20.7. The van der Waals surface area contributed by atoms with Crippen LogP contribution in [0.15, 0.2) is 30.3 Å². The Hall–Kier alpha value is -2.62. The van der Waals surface area contributed by atoms with Crippen molar-refractivity contribution in [2.45, 2.75) is 13.8 Å². The molecule has 142 valence electrons. The van der Waals surface area contributed by atoms with Gasteiger partial charge in [-0.1, -0.05) is 29.3 Å². The highest BCUT2D eigenvalue weighted by Gasteiger charge is 2.15. The van der Waals surface area contributed by atoms with Gasteiger partial charge in [-0.15, -0.1) is 0 Å². The van der Waals surface area contributed by atoms with E-state index in [-0.39, 0.29) is 17.2 Å². The molecule has 6 nitrogen and oxygen atoms in total. The van der Waals surface area contributed by atoms with Crippen molar-refractivity contribution < 1.29 is 19.0 Å². The van der Waals surface area contributed by atoms with Crippen LogP contribution in [0, 0.1) is 11.3 Å². The van der Waals surface area contributed by atoms with Crippen LogP contribution in [0.5, 0.6) is 17.2 Å². The van der Waals surface area contributed by atoms with Gasteiger partial charge in [0.2, 0.25) is 0 Å². The Bertz CT molecular complexity index is 866. The summed E-state index contributed by atoms with van der Waals surface area (Å²) >= 11 is 11.9. The summed E-state index contributed by atoms with van der Waals surface area (Å²) < 4.78 is 16.4. The molecule has 2 aromatic rings. The van der Waals surface area contributed by atoms with Crippen molar-refractivity contribution >= 4 is 34.8 Å². The quantitative estimate of drug-likeness (QED) is 0.685. The predicted molar refractivity (Wildman–Crippen MR) is 104 cm³/mol. The molecule has 0 bridgehead atoms. The number of nitrogens with zero attached hydrogens (tertiary/aromatic N) is 1. The molecule has 0 heterocycles. The predicted octanol–water partition coefficient (Wildman–Crippen LogP) is 4.68. The molecule has 27 heavy (non-hydrogen) atoms. The van der Waals surface area contributed by atoms with Gasteiger partial charge in [0.1, 0.15) is 16.8 Å². The molecular formula is C19H18Cl2N2O4. The molecule has 2 aromatic carbocycles. The third kappa shape index (κ3) is 5.43. The van der Waals surface area contributed by atoms with E-state index in [9.17, 15) is 10.1 Å². The zero-order chi connectivity index (χ0) is 19.8. The summed E-state index contributed by atoms with van der Waals surface area (Å²) in [5, 5.41) is 12.5. The molecule has 8 heteroatoms. The molecule has 0 spiro atoms. The van der Waals surface area contributed by atoms with Crippen LogP contribution in [-0.2, 0) is 4.79 Å². The summed E-state index contributed by atoms with van der Waals surface area (Å²) in [4.78, 5) is 12.2. The average Bonchev–Trinajstić information content (AvgIpc) is 2.65. The number of rotatable bonds is 8. The summed E-state index contributed by atoms with van der Waals surface area (Å²) in [5.41, 5.74) is 0.547. The lowest BCUT2D eigenvalue weighted by Crippen LogP contribution is -2.21. The Balaban J connectivity index is 2.15. The van der Waals surface area contributed by atoms with Gasteiger partial charge in [0, 0.05) is 12.1 Å². The topological polar surface area (TPSA) is 80.6 Å². The van der Waals surface area contributed by atoms with Crippen molar-refractivity contribution in [3.05, 3.63) is 45.9 Å². The minimum atomic E-state index is -0.464. The van der Waals surface area contributed by atoms with E-state index in [1.807, 2.05) is 19.9 Å². The van der Waals surface area contributed by atoms with Crippen molar-refractivity contribution in [1.82, 2.24) is 0 Å². The zero-order valence-electron chi connectivity index (χ0n) is 14.8. The molecule has 0 aliphatic carbocycles. The fraction of sp³-hybridized carbons (Fsp3) is 0.263. The molecule has 1 N–H and O–H groups in total. The van der Waals surface area contributed by atoms with Crippen LogP contribution >= 0.6 is 23.2 Å². The Morgan fingerprint density at radius 3 is 2.37 bits per heavy atom. The van der Waals surface area contributed by atoms with E-state index in [0.29, 0.717) is 41.2 Å². The maximum absolute atomic E-state index is 12.2. The third-order valence-corrected chi connectivity index (χ3v) is 4.15.